The Bertz CT molecular complexity index is 287. The van der Waals surface area contributed by atoms with Crippen LogP contribution in [0.2, 0.25) is 0 Å². The lowest BCUT2D eigenvalue weighted by molar-refractivity contribution is 0.266. The third-order valence-corrected chi connectivity index (χ3v) is 1.03. The van der Waals surface area contributed by atoms with E-state index in [0.29, 0.717) is 5.75 Å². The van der Waals surface area contributed by atoms with E-state index >= 15 is 0 Å². The van der Waals surface area contributed by atoms with Crippen molar-refractivity contribution >= 4 is 35.7 Å². The zero-order valence-corrected chi connectivity index (χ0v) is 10.4. The minimum Gasteiger partial charge on any atom is -0.508 e. The molecule has 0 radical (unpaired) electrons. The zero-order valence-electron chi connectivity index (χ0n) is 8.62. The molecule has 0 saturated carbocycles. The number of phenolic OH excluding ortho intramolecular Hbond substituents is 1. The molecule has 0 heterocycles. The van der Waals surface area contributed by atoms with Gasteiger partial charge in [0.2, 0.25) is 0 Å². The van der Waals surface area contributed by atoms with E-state index in [9.17, 15) is 0 Å². The van der Waals surface area contributed by atoms with Crippen molar-refractivity contribution < 1.29 is 14.7 Å². The third kappa shape index (κ3) is 23.0. The summed E-state index contributed by atoms with van der Waals surface area (Å²) in [5.74, 6) is 0.329. The van der Waals surface area contributed by atoms with Crippen molar-refractivity contribution in [3.8, 4) is 5.75 Å². The van der Waals surface area contributed by atoms with Gasteiger partial charge in [0.1, 0.15) is 5.75 Å². The lowest BCUT2D eigenvalue weighted by Crippen LogP contribution is -1.95. The van der Waals surface area contributed by atoms with Crippen molar-refractivity contribution in [2.45, 2.75) is 6.92 Å². The number of primary amides is 2. The molecule has 0 aliphatic rings. The van der Waals surface area contributed by atoms with Crippen molar-refractivity contribution in [3.05, 3.63) is 29.8 Å². The zero-order chi connectivity index (χ0) is 13.1. The third-order valence-electron chi connectivity index (χ3n) is 1.03. The number of aryl methyl sites for hydroxylation is 1. The van der Waals surface area contributed by atoms with Crippen molar-refractivity contribution in [2.75, 3.05) is 0 Å². The molecule has 0 aromatic heterocycles. The van der Waals surface area contributed by atoms with Gasteiger partial charge in [0, 0.05) is 0 Å². The summed E-state index contributed by atoms with van der Waals surface area (Å²) >= 11 is 6.21. The monoisotopic (exact) mass is 262 g/mol. The van der Waals surface area contributed by atoms with Crippen LogP contribution in [0.1, 0.15) is 5.56 Å². The summed E-state index contributed by atoms with van der Waals surface area (Å²) in [5.41, 5.74) is 9.84. The normalized spacial score (nSPS) is 7.69. The van der Waals surface area contributed by atoms with Crippen molar-refractivity contribution in [1.29, 1.82) is 0 Å². The maximum atomic E-state index is 9.09. The summed E-state index contributed by atoms with van der Waals surface area (Å²) in [7, 11) is 0. The first kappa shape index (κ1) is 17.1. The molecule has 16 heavy (non-hydrogen) atoms. The van der Waals surface area contributed by atoms with Crippen LogP contribution in [0, 0.1) is 6.92 Å². The predicted molar refractivity (Wildman–Crippen MR) is 70.0 cm³/mol. The summed E-state index contributed by atoms with van der Waals surface area (Å²) in [6.45, 7) is 1.99. The van der Waals surface area contributed by atoms with Gasteiger partial charge in [-0.15, -0.1) is 0 Å². The number of amides is 2. The van der Waals surface area contributed by atoms with Crippen molar-refractivity contribution in [2.24, 2.45) is 11.5 Å². The number of hydrogen-bond acceptors (Lipinski definition) is 3. The largest absolute Gasteiger partial charge is 0.508 e. The van der Waals surface area contributed by atoms with E-state index in [0.717, 1.165) is 0 Å². The molecule has 0 saturated heterocycles. The topological polar surface area (TPSA) is 106 Å². The van der Waals surface area contributed by atoms with Gasteiger partial charge in [0.25, 0.3) is 10.5 Å². The van der Waals surface area contributed by atoms with E-state index < -0.39 is 10.5 Å². The Hall–Kier alpha value is -1.34. The Labute approximate surface area is 105 Å². The molecular formula is C9H14N2O3S2. The highest BCUT2D eigenvalue weighted by molar-refractivity contribution is 7.96. The molecule has 7 heteroatoms. The van der Waals surface area contributed by atoms with Gasteiger partial charge < -0.3 is 16.6 Å². The Balaban J connectivity index is 0. The lowest BCUT2D eigenvalue weighted by atomic mass is 10.2. The molecule has 1 rings (SSSR count). The first-order chi connectivity index (χ1) is 7.25. The maximum Gasteiger partial charge on any atom is 0.273 e. The second-order valence-corrected chi connectivity index (χ2v) is 3.39. The number of phenols is 1. The number of benzene rings is 1. The van der Waals surface area contributed by atoms with Gasteiger partial charge >= 0.3 is 0 Å². The minimum absolute atomic E-state index is 0.329. The fourth-order valence-electron chi connectivity index (χ4n) is 0.545. The molecule has 0 atom stereocenters. The van der Waals surface area contributed by atoms with Crippen molar-refractivity contribution in [3.63, 3.8) is 0 Å². The predicted octanol–water partition coefficient (Wildman–Crippen LogP) is 1.69. The molecule has 0 fully saturated rings. The van der Waals surface area contributed by atoms with Crippen LogP contribution in [0.3, 0.4) is 0 Å². The number of aromatic hydroxyl groups is 1. The van der Waals surface area contributed by atoms with Crippen LogP contribution in [0.4, 0.5) is 9.59 Å². The lowest BCUT2D eigenvalue weighted by Gasteiger charge is -1.89. The van der Waals surface area contributed by atoms with Gasteiger partial charge in [-0.05, 0) is 19.1 Å². The average Bonchev–Trinajstić information content (AvgIpc) is 2.08. The molecule has 0 unspecified atom stereocenters. The second kappa shape index (κ2) is 10.2. The first-order valence-electron chi connectivity index (χ1n) is 3.98. The number of carbonyl (C=O) groups is 2. The molecule has 0 aliphatic heterocycles. The molecule has 0 bridgehead atoms. The summed E-state index contributed by atoms with van der Waals surface area (Å²) in [6, 6.07) is 7.09. The Kier molecular flexibility index (Phi) is 10.9. The van der Waals surface area contributed by atoms with Crippen LogP contribution in [-0.2, 0) is 0 Å². The SMILES string of the molecule is Cc1ccc(O)cc1.NC(=O)S.NC(=O)S. The van der Waals surface area contributed by atoms with Crippen LogP contribution in [0.15, 0.2) is 24.3 Å². The average molecular weight is 262 g/mol. The Morgan fingerprint density at radius 3 is 1.50 bits per heavy atom. The van der Waals surface area contributed by atoms with E-state index in [2.05, 4.69) is 36.7 Å². The molecule has 0 aliphatic carbocycles. The molecule has 5 N–H and O–H groups in total. The van der Waals surface area contributed by atoms with Crippen LogP contribution < -0.4 is 11.5 Å². The van der Waals surface area contributed by atoms with Gasteiger partial charge in [0.15, 0.2) is 0 Å². The van der Waals surface area contributed by atoms with E-state index in [1.807, 2.05) is 19.1 Å². The molecule has 1 aromatic rings. The molecular weight excluding hydrogens is 248 g/mol. The van der Waals surface area contributed by atoms with Gasteiger partial charge in [-0.25, -0.2) is 0 Å². The number of rotatable bonds is 0. The molecule has 5 nitrogen and oxygen atoms in total. The maximum absolute atomic E-state index is 9.09. The highest BCUT2D eigenvalue weighted by Crippen LogP contribution is 2.07. The van der Waals surface area contributed by atoms with Gasteiger partial charge in [-0.2, -0.15) is 0 Å². The van der Waals surface area contributed by atoms with Crippen molar-refractivity contribution in [1.82, 2.24) is 0 Å². The van der Waals surface area contributed by atoms with Crippen LogP contribution in [-0.4, -0.2) is 15.6 Å². The fraction of sp³-hybridized carbons (Fsp3) is 0.111. The molecule has 90 valence electrons. The Morgan fingerprint density at radius 2 is 1.31 bits per heavy atom. The number of thiol groups is 2. The second-order valence-electron chi connectivity index (χ2n) is 2.51. The summed E-state index contributed by atoms with van der Waals surface area (Å²) in [4.78, 5) is 18.2. The minimum atomic E-state index is -0.639. The fourth-order valence-corrected chi connectivity index (χ4v) is 0.545. The smallest absolute Gasteiger partial charge is 0.273 e. The van der Waals surface area contributed by atoms with Crippen LogP contribution >= 0.6 is 25.3 Å². The molecule has 1 aromatic carbocycles. The van der Waals surface area contributed by atoms with Gasteiger partial charge in [0.05, 0.1) is 0 Å². The summed E-state index contributed by atoms with van der Waals surface area (Å²) in [5, 5.41) is 7.48. The van der Waals surface area contributed by atoms with Crippen LogP contribution in [0.5, 0.6) is 5.75 Å². The highest BCUT2D eigenvalue weighted by atomic mass is 32.1. The van der Waals surface area contributed by atoms with Gasteiger partial charge in [-0.1, -0.05) is 43.0 Å². The summed E-state index contributed by atoms with van der Waals surface area (Å²) < 4.78 is 0. The van der Waals surface area contributed by atoms with E-state index in [1.165, 1.54) is 5.56 Å². The van der Waals surface area contributed by atoms with Gasteiger partial charge in [-0.3, -0.25) is 9.59 Å². The van der Waals surface area contributed by atoms with E-state index in [4.69, 9.17) is 14.7 Å². The van der Waals surface area contributed by atoms with E-state index in [1.54, 1.807) is 12.1 Å². The van der Waals surface area contributed by atoms with Crippen LogP contribution in [0.25, 0.3) is 0 Å². The van der Waals surface area contributed by atoms with E-state index in [-0.39, 0.29) is 0 Å². The number of nitrogens with two attached hydrogens (primary N) is 2. The Morgan fingerprint density at radius 1 is 1.06 bits per heavy atom. The first-order valence-corrected chi connectivity index (χ1v) is 4.87. The molecule has 2 amide bonds. The highest BCUT2D eigenvalue weighted by Gasteiger charge is 1.82. The number of carbonyl (C=O) groups excluding carboxylic acids is 2. The standard InChI is InChI=1S/C7H8O.2CH3NOS/c1-6-2-4-7(8)5-3-6;2*2-1(3)4/h2-5,8H,1H3;2*(H3,2,3,4). The summed E-state index contributed by atoms with van der Waals surface area (Å²) in [6.07, 6.45) is 0. The molecule has 0 spiro atoms. The number of hydrogen-bond donors (Lipinski definition) is 5. The quantitative estimate of drug-likeness (QED) is 0.459.